The summed E-state index contributed by atoms with van der Waals surface area (Å²) in [6.45, 7) is 0.602. The van der Waals surface area contributed by atoms with E-state index in [0.717, 1.165) is 18.6 Å². The molecule has 0 aromatic heterocycles. The Hall–Kier alpha value is -3.32. The van der Waals surface area contributed by atoms with Gasteiger partial charge in [0.15, 0.2) is 0 Å². The molecule has 0 aliphatic carbocycles. The molecule has 138 valence electrons. The van der Waals surface area contributed by atoms with Crippen LogP contribution in [0.15, 0.2) is 109 Å². The molecule has 0 aliphatic rings. The lowest BCUT2D eigenvalue weighted by atomic mass is 10.0. The van der Waals surface area contributed by atoms with Gasteiger partial charge in [0.25, 0.3) is 0 Å². The Kier molecular flexibility index (Phi) is 5.84. The predicted molar refractivity (Wildman–Crippen MR) is 117 cm³/mol. The van der Waals surface area contributed by atoms with Gasteiger partial charge >= 0.3 is 0 Å². The van der Waals surface area contributed by atoms with Gasteiger partial charge in [0.2, 0.25) is 0 Å². The number of ether oxygens (including phenoxy) is 1. The highest BCUT2D eigenvalue weighted by molar-refractivity contribution is 5.63. The Morgan fingerprint density at radius 2 is 1.07 bits per heavy atom. The van der Waals surface area contributed by atoms with Crippen molar-refractivity contribution in [1.82, 2.24) is 0 Å². The summed E-state index contributed by atoms with van der Waals surface area (Å²) >= 11 is 0. The molecule has 0 spiro atoms. The lowest BCUT2D eigenvalue weighted by molar-refractivity contribution is 0.306. The summed E-state index contributed by atoms with van der Waals surface area (Å²) in [7, 11) is 0. The van der Waals surface area contributed by atoms with Gasteiger partial charge in [0.05, 0.1) is 0 Å². The normalized spacial score (nSPS) is 10.6. The quantitative estimate of drug-likeness (QED) is 0.354. The molecule has 0 unspecified atom stereocenters. The predicted octanol–water partition coefficient (Wildman–Crippen LogP) is 6.72. The first kappa shape index (κ1) is 18.1. The summed E-state index contributed by atoms with van der Waals surface area (Å²) in [6, 6.07) is 38.1. The summed E-state index contributed by atoms with van der Waals surface area (Å²) < 4.78 is 5.95. The molecule has 28 heavy (non-hydrogen) atoms. The van der Waals surface area contributed by atoms with Crippen LogP contribution >= 0.6 is 0 Å². The van der Waals surface area contributed by atoms with Gasteiger partial charge in [-0.3, -0.25) is 0 Å². The maximum Gasteiger partial charge on any atom is 0.120 e. The average Bonchev–Trinajstić information content (AvgIpc) is 2.78. The third-order valence-electron chi connectivity index (χ3n) is 4.91. The van der Waals surface area contributed by atoms with Crippen LogP contribution in [0, 0.1) is 0 Å². The number of hydrogen-bond acceptors (Lipinski definition) is 1. The summed E-state index contributed by atoms with van der Waals surface area (Å²) in [5.41, 5.74) is 6.37. The van der Waals surface area contributed by atoms with E-state index in [2.05, 4.69) is 84.9 Å². The zero-order valence-corrected chi connectivity index (χ0v) is 15.9. The van der Waals surface area contributed by atoms with Crippen molar-refractivity contribution in [3.63, 3.8) is 0 Å². The highest BCUT2D eigenvalue weighted by Gasteiger charge is 2.01. The lowest BCUT2D eigenvalue weighted by Gasteiger charge is -2.09. The fourth-order valence-electron chi connectivity index (χ4n) is 3.31. The Balaban J connectivity index is 1.34. The van der Waals surface area contributed by atoms with Crippen LogP contribution in [0.2, 0.25) is 0 Å². The molecule has 0 atom stereocenters. The van der Waals surface area contributed by atoms with Crippen molar-refractivity contribution in [3.8, 4) is 16.9 Å². The minimum atomic E-state index is 0.602. The zero-order chi connectivity index (χ0) is 19.0. The largest absolute Gasteiger partial charge is 0.489 e. The standard InChI is InChI=1S/C27H24O/c1-3-8-24(9-4-1)21-28-27-13-7-10-23(20-27)15-14-22-16-18-26(19-17-22)25-11-5-2-6-12-25/h1-13,16-20H,14-15,21H2. The molecule has 4 aromatic rings. The van der Waals surface area contributed by atoms with Gasteiger partial charge in [0.1, 0.15) is 12.4 Å². The van der Waals surface area contributed by atoms with Crippen LogP contribution in [0.3, 0.4) is 0 Å². The van der Waals surface area contributed by atoms with Crippen LogP contribution in [0.5, 0.6) is 5.75 Å². The van der Waals surface area contributed by atoms with E-state index in [4.69, 9.17) is 4.74 Å². The molecule has 4 aromatic carbocycles. The lowest BCUT2D eigenvalue weighted by Crippen LogP contribution is -1.96. The third kappa shape index (κ3) is 4.89. The van der Waals surface area contributed by atoms with Crippen molar-refractivity contribution < 1.29 is 4.74 Å². The van der Waals surface area contributed by atoms with Gasteiger partial charge in [-0.05, 0) is 52.8 Å². The molecule has 0 amide bonds. The van der Waals surface area contributed by atoms with Gasteiger partial charge in [-0.15, -0.1) is 0 Å². The summed E-state index contributed by atoms with van der Waals surface area (Å²) in [5, 5.41) is 0. The van der Waals surface area contributed by atoms with E-state index in [9.17, 15) is 0 Å². The zero-order valence-electron chi connectivity index (χ0n) is 15.9. The van der Waals surface area contributed by atoms with Crippen molar-refractivity contribution in [3.05, 3.63) is 126 Å². The topological polar surface area (TPSA) is 9.23 Å². The molecule has 1 heteroatoms. The molecule has 1 nitrogen and oxygen atoms in total. The van der Waals surface area contributed by atoms with Crippen LogP contribution in [0.4, 0.5) is 0 Å². The molecule has 0 saturated carbocycles. The number of hydrogen-bond donors (Lipinski definition) is 0. The second-order valence-electron chi connectivity index (χ2n) is 6.98. The number of rotatable bonds is 7. The first-order valence-electron chi connectivity index (χ1n) is 9.77. The van der Waals surface area contributed by atoms with E-state index < -0.39 is 0 Å². The van der Waals surface area contributed by atoms with Crippen molar-refractivity contribution in [2.24, 2.45) is 0 Å². The molecular weight excluding hydrogens is 340 g/mol. The highest BCUT2D eigenvalue weighted by Crippen LogP contribution is 2.21. The van der Waals surface area contributed by atoms with E-state index in [0.29, 0.717) is 6.61 Å². The van der Waals surface area contributed by atoms with Crippen LogP contribution in [0.1, 0.15) is 16.7 Å². The van der Waals surface area contributed by atoms with Crippen molar-refractivity contribution in [2.75, 3.05) is 0 Å². The van der Waals surface area contributed by atoms with Crippen molar-refractivity contribution in [1.29, 1.82) is 0 Å². The summed E-state index contributed by atoms with van der Waals surface area (Å²) in [5.74, 6) is 0.931. The van der Waals surface area contributed by atoms with Crippen LogP contribution in [0.25, 0.3) is 11.1 Å². The van der Waals surface area contributed by atoms with Gasteiger partial charge in [-0.2, -0.15) is 0 Å². The highest BCUT2D eigenvalue weighted by atomic mass is 16.5. The molecule has 0 aliphatic heterocycles. The minimum Gasteiger partial charge on any atom is -0.489 e. The van der Waals surface area contributed by atoms with Gasteiger partial charge in [-0.25, -0.2) is 0 Å². The Labute approximate surface area is 167 Å². The summed E-state index contributed by atoms with van der Waals surface area (Å²) in [4.78, 5) is 0. The molecule has 0 fully saturated rings. The minimum absolute atomic E-state index is 0.602. The molecule has 0 radical (unpaired) electrons. The van der Waals surface area contributed by atoms with Crippen molar-refractivity contribution >= 4 is 0 Å². The molecule has 0 heterocycles. The molecular formula is C27H24O. The maximum absolute atomic E-state index is 5.95. The van der Waals surface area contributed by atoms with Gasteiger partial charge < -0.3 is 4.74 Å². The van der Waals surface area contributed by atoms with E-state index in [1.165, 1.54) is 27.8 Å². The SMILES string of the molecule is c1ccc(COc2cccc(CCc3ccc(-c4ccccc4)cc3)c2)cc1. The second-order valence-corrected chi connectivity index (χ2v) is 6.98. The van der Waals surface area contributed by atoms with E-state index in [-0.39, 0.29) is 0 Å². The Morgan fingerprint density at radius 3 is 1.82 bits per heavy atom. The smallest absolute Gasteiger partial charge is 0.120 e. The Morgan fingerprint density at radius 1 is 0.464 bits per heavy atom. The first-order valence-corrected chi connectivity index (χ1v) is 9.77. The van der Waals surface area contributed by atoms with E-state index >= 15 is 0 Å². The van der Waals surface area contributed by atoms with E-state index in [1.807, 2.05) is 24.3 Å². The fourth-order valence-corrected chi connectivity index (χ4v) is 3.31. The molecule has 0 N–H and O–H groups in total. The van der Waals surface area contributed by atoms with E-state index in [1.54, 1.807) is 0 Å². The number of benzene rings is 4. The Bertz CT molecular complexity index is 989. The molecule has 0 saturated heterocycles. The maximum atomic E-state index is 5.95. The molecule has 4 rings (SSSR count). The number of aryl methyl sites for hydroxylation is 2. The van der Waals surface area contributed by atoms with Gasteiger partial charge in [-0.1, -0.05) is 97.1 Å². The fraction of sp³-hybridized carbons (Fsp3) is 0.111. The monoisotopic (exact) mass is 364 g/mol. The molecule has 0 bridgehead atoms. The first-order chi connectivity index (χ1) is 13.9. The second kappa shape index (κ2) is 9.05. The van der Waals surface area contributed by atoms with Crippen LogP contribution in [-0.2, 0) is 19.4 Å². The van der Waals surface area contributed by atoms with Crippen LogP contribution < -0.4 is 4.74 Å². The summed E-state index contributed by atoms with van der Waals surface area (Å²) in [6.07, 6.45) is 2.03. The van der Waals surface area contributed by atoms with Crippen LogP contribution in [-0.4, -0.2) is 0 Å². The van der Waals surface area contributed by atoms with Gasteiger partial charge in [0, 0.05) is 0 Å². The third-order valence-corrected chi connectivity index (χ3v) is 4.91. The van der Waals surface area contributed by atoms with Crippen molar-refractivity contribution in [2.45, 2.75) is 19.4 Å². The average molecular weight is 364 g/mol.